The van der Waals surface area contributed by atoms with Gasteiger partial charge >= 0.3 is 5.97 Å². The van der Waals surface area contributed by atoms with Gasteiger partial charge < -0.3 is 10.1 Å². The highest BCUT2D eigenvalue weighted by Crippen LogP contribution is 2.09. The molecule has 0 saturated carbocycles. The van der Waals surface area contributed by atoms with Crippen LogP contribution in [0.1, 0.15) is 6.92 Å². The second kappa shape index (κ2) is 5.97. The van der Waals surface area contributed by atoms with Crippen LogP contribution in [0.4, 0.5) is 0 Å². The molecule has 6 heteroatoms. The van der Waals surface area contributed by atoms with E-state index in [0.29, 0.717) is 6.54 Å². The van der Waals surface area contributed by atoms with Gasteiger partial charge in [0.15, 0.2) is 0 Å². The van der Waals surface area contributed by atoms with Crippen LogP contribution in [0.15, 0.2) is 0 Å². The number of hydrogen-bond acceptors (Lipinski definition) is 5. The summed E-state index contributed by atoms with van der Waals surface area (Å²) >= 11 is 1.69. The van der Waals surface area contributed by atoms with Crippen molar-refractivity contribution in [2.75, 3.05) is 25.3 Å². The Balaban J connectivity index is 2.24. The predicted octanol–water partition coefficient (Wildman–Crippen LogP) is -0.426. The molecular weight excluding hydrogens is 216 g/mol. The SMILES string of the molecule is COC(=O)C(C)CNC(=O)C1CSCN1. The van der Waals surface area contributed by atoms with Crippen LogP contribution in [0.5, 0.6) is 0 Å². The Morgan fingerprint density at radius 2 is 2.40 bits per heavy atom. The van der Waals surface area contributed by atoms with Crippen molar-refractivity contribution in [2.24, 2.45) is 5.92 Å². The number of amides is 1. The van der Waals surface area contributed by atoms with Crippen molar-refractivity contribution in [3.05, 3.63) is 0 Å². The Hall–Kier alpha value is -0.750. The Morgan fingerprint density at radius 1 is 1.67 bits per heavy atom. The average Bonchev–Trinajstić information content (AvgIpc) is 2.77. The number of methoxy groups -OCH3 is 1. The van der Waals surface area contributed by atoms with Gasteiger partial charge in [-0.1, -0.05) is 6.92 Å². The summed E-state index contributed by atoms with van der Waals surface area (Å²) in [7, 11) is 1.34. The molecule has 1 aliphatic heterocycles. The summed E-state index contributed by atoms with van der Waals surface area (Å²) in [5.41, 5.74) is 0. The average molecular weight is 232 g/mol. The van der Waals surface area contributed by atoms with Gasteiger partial charge in [0.25, 0.3) is 0 Å². The van der Waals surface area contributed by atoms with Crippen LogP contribution in [-0.2, 0) is 14.3 Å². The lowest BCUT2D eigenvalue weighted by Gasteiger charge is -2.13. The number of ether oxygens (including phenoxy) is 1. The largest absolute Gasteiger partial charge is 0.469 e. The van der Waals surface area contributed by atoms with Crippen molar-refractivity contribution in [1.82, 2.24) is 10.6 Å². The Kier molecular flexibility index (Phi) is 4.90. The number of nitrogens with one attached hydrogen (secondary N) is 2. The summed E-state index contributed by atoms with van der Waals surface area (Å²) < 4.78 is 4.56. The maximum atomic E-state index is 11.5. The molecule has 5 nitrogen and oxygen atoms in total. The molecule has 1 saturated heterocycles. The third-order valence-corrected chi connectivity index (χ3v) is 3.16. The zero-order valence-electron chi connectivity index (χ0n) is 8.91. The van der Waals surface area contributed by atoms with Gasteiger partial charge in [-0.05, 0) is 0 Å². The van der Waals surface area contributed by atoms with E-state index in [1.807, 2.05) is 0 Å². The molecule has 2 unspecified atom stereocenters. The zero-order chi connectivity index (χ0) is 11.3. The van der Waals surface area contributed by atoms with E-state index in [2.05, 4.69) is 15.4 Å². The minimum atomic E-state index is -0.302. The highest BCUT2D eigenvalue weighted by Gasteiger charge is 2.23. The predicted molar refractivity (Wildman–Crippen MR) is 58.4 cm³/mol. The minimum absolute atomic E-state index is 0.0456. The van der Waals surface area contributed by atoms with E-state index in [1.165, 1.54) is 7.11 Å². The van der Waals surface area contributed by atoms with Gasteiger partial charge in [0.1, 0.15) is 0 Å². The van der Waals surface area contributed by atoms with Crippen LogP contribution in [0.2, 0.25) is 0 Å². The van der Waals surface area contributed by atoms with Gasteiger partial charge in [-0.15, -0.1) is 11.8 Å². The molecule has 0 bridgehead atoms. The summed E-state index contributed by atoms with van der Waals surface area (Å²) in [6.07, 6.45) is 0. The smallest absolute Gasteiger partial charge is 0.310 e. The maximum Gasteiger partial charge on any atom is 0.310 e. The first-order valence-corrected chi connectivity index (χ1v) is 5.97. The normalized spacial score (nSPS) is 22.1. The van der Waals surface area contributed by atoms with E-state index in [0.717, 1.165) is 11.6 Å². The quantitative estimate of drug-likeness (QED) is 0.644. The van der Waals surface area contributed by atoms with Crippen LogP contribution in [-0.4, -0.2) is 43.2 Å². The van der Waals surface area contributed by atoms with Gasteiger partial charge in [-0.2, -0.15) is 0 Å². The second-order valence-corrected chi connectivity index (χ2v) is 4.47. The molecule has 1 fully saturated rings. The van der Waals surface area contributed by atoms with Gasteiger partial charge in [0.2, 0.25) is 5.91 Å². The van der Waals surface area contributed by atoms with Gasteiger partial charge in [0.05, 0.1) is 19.1 Å². The number of esters is 1. The number of carbonyl (C=O) groups is 2. The first kappa shape index (κ1) is 12.3. The van der Waals surface area contributed by atoms with Crippen LogP contribution >= 0.6 is 11.8 Å². The van der Waals surface area contributed by atoms with Crippen molar-refractivity contribution < 1.29 is 14.3 Å². The molecule has 1 rings (SSSR count). The van der Waals surface area contributed by atoms with Crippen molar-refractivity contribution in [3.63, 3.8) is 0 Å². The number of rotatable bonds is 4. The standard InChI is InChI=1S/C9H16N2O3S/c1-6(9(13)14-2)3-10-8(12)7-4-15-5-11-7/h6-7,11H,3-5H2,1-2H3,(H,10,12). The summed E-state index contributed by atoms with van der Waals surface area (Å²) in [5, 5.41) is 5.78. The number of carbonyl (C=O) groups excluding carboxylic acids is 2. The first-order chi connectivity index (χ1) is 7.15. The van der Waals surface area contributed by atoms with Gasteiger partial charge in [0, 0.05) is 18.2 Å². The van der Waals surface area contributed by atoms with Crippen LogP contribution in [0.3, 0.4) is 0 Å². The van der Waals surface area contributed by atoms with E-state index in [4.69, 9.17) is 0 Å². The topological polar surface area (TPSA) is 67.4 Å². The highest BCUT2D eigenvalue weighted by atomic mass is 32.2. The molecule has 86 valence electrons. The second-order valence-electron chi connectivity index (χ2n) is 3.44. The van der Waals surface area contributed by atoms with E-state index in [9.17, 15) is 9.59 Å². The molecule has 0 aromatic heterocycles. The molecule has 0 radical (unpaired) electrons. The fourth-order valence-electron chi connectivity index (χ4n) is 1.23. The Labute approximate surface area is 93.3 Å². The lowest BCUT2D eigenvalue weighted by molar-refractivity contribution is -0.144. The van der Waals surface area contributed by atoms with E-state index < -0.39 is 0 Å². The minimum Gasteiger partial charge on any atom is -0.469 e. The third kappa shape index (κ3) is 3.71. The molecule has 0 spiro atoms. The van der Waals surface area contributed by atoms with E-state index >= 15 is 0 Å². The van der Waals surface area contributed by atoms with Gasteiger partial charge in [-0.25, -0.2) is 0 Å². The lowest BCUT2D eigenvalue weighted by atomic mass is 10.2. The summed E-state index contributed by atoms with van der Waals surface area (Å²) in [6.45, 7) is 2.05. The van der Waals surface area contributed by atoms with Crippen LogP contribution < -0.4 is 10.6 Å². The molecule has 1 heterocycles. The van der Waals surface area contributed by atoms with Crippen molar-refractivity contribution in [1.29, 1.82) is 0 Å². The van der Waals surface area contributed by atoms with Gasteiger partial charge in [-0.3, -0.25) is 14.9 Å². The zero-order valence-corrected chi connectivity index (χ0v) is 9.73. The molecule has 1 aliphatic rings. The van der Waals surface area contributed by atoms with Crippen molar-refractivity contribution in [3.8, 4) is 0 Å². The molecular formula is C9H16N2O3S. The molecule has 0 aromatic rings. The molecule has 2 atom stereocenters. The highest BCUT2D eigenvalue weighted by molar-refractivity contribution is 7.99. The fourth-order valence-corrected chi connectivity index (χ4v) is 2.17. The number of hydrogen-bond donors (Lipinski definition) is 2. The van der Waals surface area contributed by atoms with E-state index in [1.54, 1.807) is 18.7 Å². The number of thioether (sulfide) groups is 1. The Morgan fingerprint density at radius 3 is 2.93 bits per heavy atom. The van der Waals surface area contributed by atoms with Crippen molar-refractivity contribution in [2.45, 2.75) is 13.0 Å². The lowest BCUT2D eigenvalue weighted by Crippen LogP contribution is -2.44. The molecule has 1 amide bonds. The Bertz CT molecular complexity index is 242. The third-order valence-electron chi connectivity index (χ3n) is 2.22. The van der Waals surface area contributed by atoms with E-state index in [-0.39, 0.29) is 23.8 Å². The molecule has 2 N–H and O–H groups in total. The molecule has 0 aliphatic carbocycles. The van der Waals surface area contributed by atoms with Crippen LogP contribution in [0, 0.1) is 5.92 Å². The first-order valence-electron chi connectivity index (χ1n) is 4.81. The summed E-state index contributed by atoms with van der Waals surface area (Å²) in [4.78, 5) is 22.6. The monoisotopic (exact) mass is 232 g/mol. The summed E-state index contributed by atoms with van der Waals surface area (Å²) in [5.74, 6) is 0.955. The summed E-state index contributed by atoms with van der Waals surface area (Å²) in [6, 6.07) is -0.125. The molecule has 0 aromatic carbocycles. The maximum absolute atomic E-state index is 11.5. The van der Waals surface area contributed by atoms with Crippen LogP contribution in [0.25, 0.3) is 0 Å². The molecule has 15 heavy (non-hydrogen) atoms. The van der Waals surface area contributed by atoms with Crippen molar-refractivity contribution >= 4 is 23.6 Å². The fraction of sp³-hybridized carbons (Fsp3) is 0.778.